The van der Waals surface area contributed by atoms with E-state index in [2.05, 4.69) is 188 Å². The SMILES string of the molecule is C[SiH](C)[Zr]([Cl])([Cl])([CH]1C(CC(C)(C)C)=Cc2c(-c3cccc4ccccc34)cccc21)[CH]1C(CC(C)(C)C)=Cc2c(-c3cccc4ccccc34)cccc21. The second kappa shape index (κ2) is 13.6. The van der Waals surface area contributed by atoms with Gasteiger partial charge in [-0.05, 0) is 0 Å². The minimum absolute atomic E-state index is 0.0334. The van der Waals surface area contributed by atoms with Gasteiger partial charge in [0.1, 0.15) is 0 Å². The normalized spacial score (nSPS) is 18.0. The average Bonchev–Trinajstić information content (AvgIpc) is 3.68. The third-order valence-electron chi connectivity index (χ3n) is 12.1. The predicted molar refractivity (Wildman–Crippen MR) is 239 cm³/mol. The maximum atomic E-state index is 8.99. The van der Waals surface area contributed by atoms with E-state index in [1.807, 2.05) is 0 Å². The second-order valence-electron chi connectivity index (χ2n) is 18.8. The van der Waals surface area contributed by atoms with Gasteiger partial charge in [-0.1, -0.05) is 0 Å². The molecule has 2 atom stereocenters. The molecule has 0 spiro atoms. The fourth-order valence-electron chi connectivity index (χ4n) is 9.99. The number of hydrogen-bond donors (Lipinski definition) is 0. The van der Waals surface area contributed by atoms with Gasteiger partial charge in [0.2, 0.25) is 0 Å². The Balaban J connectivity index is 1.39. The molecule has 0 amide bonds. The molecule has 0 radical (unpaired) electrons. The second-order valence-corrected chi connectivity index (χ2v) is 61.3. The number of rotatable bonds is 7. The monoisotopic (exact) mass is 841 g/mol. The van der Waals surface area contributed by atoms with Crippen molar-refractivity contribution in [3.05, 3.63) is 155 Å². The Kier molecular flexibility index (Phi) is 9.54. The summed E-state index contributed by atoms with van der Waals surface area (Å²) in [6.45, 7) is 19.2. The van der Waals surface area contributed by atoms with Gasteiger partial charge in [-0.25, -0.2) is 0 Å². The van der Waals surface area contributed by atoms with Gasteiger partial charge < -0.3 is 0 Å². The summed E-state index contributed by atoms with van der Waals surface area (Å²) >= 11 is -5.06. The fourth-order valence-corrected chi connectivity index (χ4v) is 41.3. The van der Waals surface area contributed by atoms with Crippen LogP contribution in [0.3, 0.4) is 0 Å². The molecule has 2 aliphatic carbocycles. The Hall–Kier alpha value is -3.00. The topological polar surface area (TPSA) is 0 Å². The number of allylic oxidation sites excluding steroid dienone is 2. The molecule has 0 saturated heterocycles. The molecule has 0 aliphatic heterocycles. The summed E-state index contributed by atoms with van der Waals surface area (Å²) in [6.07, 6.45) is 6.98. The van der Waals surface area contributed by atoms with Crippen LogP contribution in [0.1, 0.15) is 83.9 Å². The van der Waals surface area contributed by atoms with Crippen molar-refractivity contribution in [3.63, 3.8) is 0 Å². The fraction of sp³-hybridized carbons (Fsp3) is 0.280. The van der Waals surface area contributed by atoms with E-state index in [1.54, 1.807) is 0 Å². The van der Waals surface area contributed by atoms with Crippen LogP contribution < -0.4 is 0 Å². The number of halogens is 2. The summed E-state index contributed by atoms with van der Waals surface area (Å²) in [5, 5.41) is 5.08. The molecule has 0 aromatic heterocycles. The maximum absolute atomic E-state index is 8.99. The van der Waals surface area contributed by atoms with Crippen molar-refractivity contribution in [3.8, 4) is 22.3 Å². The Morgan fingerprint density at radius 1 is 0.481 bits per heavy atom. The minimum atomic E-state index is -5.06. The first-order chi connectivity index (χ1) is 25.5. The summed E-state index contributed by atoms with van der Waals surface area (Å²) in [7, 11) is 18.0. The van der Waals surface area contributed by atoms with E-state index in [0.29, 0.717) is 0 Å². The van der Waals surface area contributed by atoms with Crippen LogP contribution in [0.5, 0.6) is 0 Å². The molecule has 0 saturated carbocycles. The van der Waals surface area contributed by atoms with E-state index < -0.39 is 21.5 Å². The van der Waals surface area contributed by atoms with Crippen LogP contribution in [0.25, 0.3) is 56.0 Å². The van der Waals surface area contributed by atoms with Gasteiger partial charge in [-0.2, -0.15) is 0 Å². The van der Waals surface area contributed by atoms with E-state index in [-0.39, 0.29) is 18.1 Å². The summed E-state index contributed by atoms with van der Waals surface area (Å²) in [6, 6.07) is 44.9. The van der Waals surface area contributed by atoms with E-state index in [0.717, 1.165) is 12.8 Å². The van der Waals surface area contributed by atoms with E-state index >= 15 is 0 Å². The van der Waals surface area contributed by atoms with E-state index in [9.17, 15) is 0 Å². The third-order valence-corrected chi connectivity index (χ3v) is 64.0. The van der Waals surface area contributed by atoms with Crippen LogP contribution >= 0.6 is 17.0 Å². The Bertz CT molecular complexity index is 2330. The Labute approximate surface area is 332 Å². The summed E-state index contributed by atoms with van der Waals surface area (Å²) in [4.78, 5) is 0. The summed E-state index contributed by atoms with van der Waals surface area (Å²) in [5.74, 6) is -1.75. The Morgan fingerprint density at radius 3 is 1.22 bits per heavy atom. The molecule has 0 N–H and O–H groups in total. The zero-order valence-corrected chi connectivity index (χ0v) is 38.2. The van der Waals surface area contributed by atoms with Crippen LogP contribution in [-0.4, -0.2) is 5.92 Å². The molecule has 2 unspecified atom stereocenters. The van der Waals surface area contributed by atoms with Crippen LogP contribution in [0.2, 0.25) is 13.1 Å². The molecule has 4 heteroatoms. The van der Waals surface area contributed by atoms with E-state index in [4.69, 9.17) is 17.0 Å². The van der Waals surface area contributed by atoms with Gasteiger partial charge in [-0.15, -0.1) is 0 Å². The van der Waals surface area contributed by atoms with Crippen molar-refractivity contribution >= 4 is 56.6 Å². The zero-order chi connectivity index (χ0) is 38.2. The van der Waals surface area contributed by atoms with Gasteiger partial charge in [0.15, 0.2) is 0 Å². The standard InChI is InChI=1S/2C24H23.C2H7Si.2ClH.Zr/c2*1-24(2,3)16-17-14-19-10-7-13-22(23(19)15-17)21-12-6-9-18-8-4-5-11-20(18)21;1-3-2;;;/h2*4-15H,16H2,1-3H3;3H,1-2H3;2*1H;/q;;;;;+2/p-2. The molecule has 0 heterocycles. The zero-order valence-electron chi connectivity index (χ0n) is 33.1. The van der Waals surface area contributed by atoms with Gasteiger partial charge in [0.05, 0.1) is 0 Å². The molecule has 0 nitrogen and oxygen atoms in total. The molecular formula is C50H53Cl2SiZr. The third kappa shape index (κ3) is 6.38. The molecule has 6 aromatic carbocycles. The van der Waals surface area contributed by atoms with Gasteiger partial charge >= 0.3 is 335 Å². The molecular weight excluding hydrogens is 791 g/mol. The van der Waals surface area contributed by atoms with Crippen molar-refractivity contribution in [1.29, 1.82) is 0 Å². The quantitative estimate of drug-likeness (QED) is 0.140. The van der Waals surface area contributed by atoms with Crippen molar-refractivity contribution in [1.82, 2.24) is 0 Å². The molecule has 0 fully saturated rings. The van der Waals surface area contributed by atoms with E-state index in [1.165, 1.54) is 77.2 Å². The first-order valence-electron chi connectivity index (χ1n) is 19.8. The Morgan fingerprint density at radius 2 is 0.833 bits per heavy atom. The molecule has 54 heavy (non-hydrogen) atoms. The number of benzene rings is 6. The first-order valence-corrected chi connectivity index (χ1v) is 36.1. The average molecular weight is 844 g/mol. The molecule has 6 aromatic rings. The van der Waals surface area contributed by atoms with Gasteiger partial charge in [0.25, 0.3) is 0 Å². The van der Waals surface area contributed by atoms with Crippen molar-refractivity contribution in [2.45, 2.75) is 74.7 Å². The van der Waals surface area contributed by atoms with Crippen molar-refractivity contribution in [2.24, 2.45) is 10.8 Å². The van der Waals surface area contributed by atoms with Crippen LogP contribution in [-0.2, 0) is 15.6 Å². The first kappa shape index (κ1) is 37.9. The predicted octanol–water partition coefficient (Wildman–Crippen LogP) is 15.8. The molecule has 8 rings (SSSR count). The number of hydrogen-bond acceptors (Lipinski definition) is 0. The van der Waals surface area contributed by atoms with Crippen LogP contribution in [0, 0.1) is 10.8 Å². The van der Waals surface area contributed by atoms with Crippen LogP contribution in [0.15, 0.2) is 132 Å². The van der Waals surface area contributed by atoms with Crippen molar-refractivity contribution in [2.75, 3.05) is 0 Å². The van der Waals surface area contributed by atoms with Gasteiger partial charge in [0, 0.05) is 0 Å². The molecule has 275 valence electrons. The summed E-state index contributed by atoms with van der Waals surface area (Å²) < 4.78 is 0.0669. The summed E-state index contributed by atoms with van der Waals surface area (Å²) in [5.41, 5.74) is 13.5. The number of fused-ring (bicyclic) bond motifs is 4. The van der Waals surface area contributed by atoms with Gasteiger partial charge in [-0.3, -0.25) is 0 Å². The molecule has 2 aliphatic rings. The molecule has 0 bridgehead atoms. The van der Waals surface area contributed by atoms with Crippen molar-refractivity contribution < 1.29 is 15.6 Å². The van der Waals surface area contributed by atoms with Crippen LogP contribution in [0.4, 0.5) is 0 Å².